The van der Waals surface area contributed by atoms with E-state index in [4.69, 9.17) is 5.73 Å². The molecule has 0 aliphatic rings. The lowest BCUT2D eigenvalue weighted by molar-refractivity contribution is 0.982. The van der Waals surface area contributed by atoms with Crippen LogP contribution in [0.1, 0.15) is 0 Å². The second kappa shape index (κ2) is 3.34. The minimum absolute atomic E-state index is 0.171. The molecule has 0 aliphatic carbocycles. The molecular weight excluding hydrogens is 246 g/mol. The molecule has 14 heavy (non-hydrogen) atoms. The maximum Gasteiger partial charge on any atom is 0.330 e. The summed E-state index contributed by atoms with van der Waals surface area (Å²) in [7, 11) is 0. The molecule has 5 heteroatoms. The normalized spacial score (nSPS) is 10.4. The molecule has 0 radical (unpaired) electrons. The molecule has 0 saturated heterocycles. The Kier molecular flexibility index (Phi) is 2.17. The Morgan fingerprint density at radius 2 is 2.21 bits per heavy atom. The Morgan fingerprint density at radius 3 is 2.79 bits per heavy atom. The largest absolute Gasteiger partial charge is 0.399 e. The van der Waals surface area contributed by atoms with Gasteiger partial charge in [-0.1, -0.05) is 0 Å². The number of anilines is 1. The predicted octanol–water partition coefficient (Wildman–Crippen LogP) is 1.51. The molecule has 0 fully saturated rings. The van der Waals surface area contributed by atoms with E-state index in [1.54, 1.807) is 30.6 Å². The third-order valence-corrected chi connectivity index (χ3v) is 2.52. The first-order valence-electron chi connectivity index (χ1n) is 4.00. The van der Waals surface area contributed by atoms with Crippen LogP contribution in [0, 0.1) is 0 Å². The SMILES string of the molecule is Nc1ccc(-n2cc[nH]c2=O)c(Br)c1. The van der Waals surface area contributed by atoms with Crippen molar-refractivity contribution >= 4 is 21.6 Å². The summed E-state index contributed by atoms with van der Waals surface area (Å²) in [5.74, 6) is 0. The summed E-state index contributed by atoms with van der Waals surface area (Å²) in [5.41, 5.74) is 6.85. The third kappa shape index (κ3) is 1.46. The number of nitrogen functional groups attached to an aromatic ring is 1. The van der Waals surface area contributed by atoms with Gasteiger partial charge in [-0.05, 0) is 34.1 Å². The van der Waals surface area contributed by atoms with Gasteiger partial charge in [0.05, 0.1) is 5.69 Å². The Hall–Kier alpha value is -1.49. The molecule has 0 aliphatic heterocycles. The van der Waals surface area contributed by atoms with Gasteiger partial charge in [0.1, 0.15) is 0 Å². The standard InChI is InChI=1S/C9H8BrN3O/c10-7-5-6(11)1-2-8(7)13-4-3-12-9(13)14/h1-5H,11H2,(H,12,14). The first-order chi connectivity index (χ1) is 6.68. The van der Waals surface area contributed by atoms with Crippen molar-refractivity contribution in [2.24, 2.45) is 0 Å². The second-order valence-corrected chi connectivity index (χ2v) is 3.70. The summed E-state index contributed by atoms with van der Waals surface area (Å²) in [6, 6.07) is 5.29. The number of nitrogens with two attached hydrogens (primary N) is 1. The van der Waals surface area contributed by atoms with E-state index in [2.05, 4.69) is 20.9 Å². The fourth-order valence-electron chi connectivity index (χ4n) is 1.23. The summed E-state index contributed by atoms with van der Waals surface area (Å²) in [5, 5.41) is 0. The highest BCUT2D eigenvalue weighted by molar-refractivity contribution is 9.10. The lowest BCUT2D eigenvalue weighted by Crippen LogP contribution is -2.14. The number of imidazole rings is 1. The fraction of sp³-hybridized carbons (Fsp3) is 0. The molecule has 0 bridgehead atoms. The lowest BCUT2D eigenvalue weighted by atomic mass is 10.3. The van der Waals surface area contributed by atoms with E-state index in [-0.39, 0.29) is 5.69 Å². The van der Waals surface area contributed by atoms with E-state index >= 15 is 0 Å². The van der Waals surface area contributed by atoms with Crippen LogP contribution in [0.25, 0.3) is 5.69 Å². The van der Waals surface area contributed by atoms with Gasteiger partial charge in [0.25, 0.3) is 0 Å². The first kappa shape index (κ1) is 9.08. The van der Waals surface area contributed by atoms with E-state index in [1.165, 1.54) is 4.57 Å². The molecule has 4 nitrogen and oxygen atoms in total. The highest BCUT2D eigenvalue weighted by Gasteiger charge is 2.04. The molecule has 0 amide bonds. The van der Waals surface area contributed by atoms with Crippen molar-refractivity contribution in [1.29, 1.82) is 0 Å². The van der Waals surface area contributed by atoms with E-state index in [1.807, 2.05) is 0 Å². The topological polar surface area (TPSA) is 63.8 Å². The van der Waals surface area contributed by atoms with Crippen LogP contribution in [0.3, 0.4) is 0 Å². The number of aromatic amines is 1. The average Bonchev–Trinajstić information content (AvgIpc) is 2.52. The van der Waals surface area contributed by atoms with Gasteiger partial charge in [-0.15, -0.1) is 0 Å². The monoisotopic (exact) mass is 253 g/mol. The number of nitrogens with zero attached hydrogens (tertiary/aromatic N) is 1. The Balaban J connectivity index is 2.63. The number of nitrogens with one attached hydrogen (secondary N) is 1. The summed E-state index contributed by atoms with van der Waals surface area (Å²) >= 11 is 3.35. The molecule has 2 rings (SSSR count). The first-order valence-corrected chi connectivity index (χ1v) is 4.79. The maximum absolute atomic E-state index is 11.3. The van der Waals surface area contributed by atoms with Crippen LogP contribution in [-0.4, -0.2) is 9.55 Å². The summed E-state index contributed by atoms with van der Waals surface area (Å²) in [6.07, 6.45) is 3.25. The van der Waals surface area contributed by atoms with Crippen molar-refractivity contribution in [3.8, 4) is 5.69 Å². The minimum atomic E-state index is -0.171. The van der Waals surface area contributed by atoms with Crippen LogP contribution in [0.5, 0.6) is 0 Å². The molecular formula is C9H8BrN3O. The number of halogens is 1. The molecule has 0 unspecified atom stereocenters. The third-order valence-electron chi connectivity index (χ3n) is 1.88. The average molecular weight is 254 g/mol. The van der Waals surface area contributed by atoms with Crippen LogP contribution in [0.15, 0.2) is 39.9 Å². The maximum atomic E-state index is 11.3. The predicted molar refractivity (Wildman–Crippen MR) is 58.5 cm³/mol. The number of hydrogen-bond donors (Lipinski definition) is 2. The number of benzene rings is 1. The van der Waals surface area contributed by atoms with Crippen molar-refractivity contribution in [3.05, 3.63) is 45.5 Å². The molecule has 0 spiro atoms. The van der Waals surface area contributed by atoms with Gasteiger partial charge in [0, 0.05) is 22.6 Å². The van der Waals surface area contributed by atoms with Crippen molar-refractivity contribution < 1.29 is 0 Å². The van der Waals surface area contributed by atoms with E-state index in [9.17, 15) is 4.79 Å². The molecule has 72 valence electrons. The molecule has 1 heterocycles. The zero-order chi connectivity index (χ0) is 10.1. The van der Waals surface area contributed by atoms with Gasteiger partial charge in [-0.3, -0.25) is 4.57 Å². The van der Waals surface area contributed by atoms with Gasteiger partial charge in [0.2, 0.25) is 0 Å². The van der Waals surface area contributed by atoms with Crippen molar-refractivity contribution in [1.82, 2.24) is 9.55 Å². The number of H-pyrrole nitrogens is 1. The number of rotatable bonds is 1. The molecule has 1 aromatic heterocycles. The van der Waals surface area contributed by atoms with Gasteiger partial charge >= 0.3 is 5.69 Å². The minimum Gasteiger partial charge on any atom is -0.399 e. The molecule has 2 aromatic rings. The lowest BCUT2D eigenvalue weighted by Gasteiger charge is -2.04. The van der Waals surface area contributed by atoms with E-state index < -0.39 is 0 Å². The van der Waals surface area contributed by atoms with Crippen LogP contribution >= 0.6 is 15.9 Å². The summed E-state index contributed by atoms with van der Waals surface area (Å²) < 4.78 is 2.29. The Bertz CT molecular complexity index is 515. The number of hydrogen-bond acceptors (Lipinski definition) is 2. The van der Waals surface area contributed by atoms with Crippen LogP contribution in [-0.2, 0) is 0 Å². The van der Waals surface area contributed by atoms with Crippen molar-refractivity contribution in [3.63, 3.8) is 0 Å². The number of aromatic nitrogens is 2. The van der Waals surface area contributed by atoms with Crippen molar-refractivity contribution in [2.75, 3.05) is 5.73 Å². The molecule has 3 N–H and O–H groups in total. The van der Waals surface area contributed by atoms with Gasteiger partial charge in [0.15, 0.2) is 0 Å². The molecule has 1 aromatic carbocycles. The van der Waals surface area contributed by atoms with E-state index in [0.29, 0.717) is 5.69 Å². The second-order valence-electron chi connectivity index (χ2n) is 2.85. The van der Waals surface area contributed by atoms with Gasteiger partial charge < -0.3 is 10.7 Å². The highest BCUT2D eigenvalue weighted by atomic mass is 79.9. The van der Waals surface area contributed by atoms with Gasteiger partial charge in [-0.2, -0.15) is 0 Å². The highest BCUT2D eigenvalue weighted by Crippen LogP contribution is 2.22. The fourth-order valence-corrected chi connectivity index (χ4v) is 1.82. The summed E-state index contributed by atoms with van der Waals surface area (Å²) in [4.78, 5) is 13.9. The van der Waals surface area contributed by atoms with Gasteiger partial charge in [-0.25, -0.2) is 4.79 Å². The van der Waals surface area contributed by atoms with Crippen LogP contribution in [0.2, 0.25) is 0 Å². The Labute approximate surface area is 88.5 Å². The van der Waals surface area contributed by atoms with Crippen LogP contribution in [0.4, 0.5) is 5.69 Å². The van der Waals surface area contributed by atoms with Crippen LogP contribution < -0.4 is 11.4 Å². The molecule has 0 atom stereocenters. The van der Waals surface area contributed by atoms with Crippen molar-refractivity contribution in [2.45, 2.75) is 0 Å². The quantitative estimate of drug-likeness (QED) is 0.757. The van der Waals surface area contributed by atoms with E-state index in [0.717, 1.165) is 10.2 Å². The smallest absolute Gasteiger partial charge is 0.330 e. The molecule has 0 saturated carbocycles. The zero-order valence-corrected chi connectivity index (χ0v) is 8.78. The zero-order valence-electron chi connectivity index (χ0n) is 7.20. The Morgan fingerprint density at radius 1 is 1.43 bits per heavy atom. The summed E-state index contributed by atoms with van der Waals surface area (Å²) in [6.45, 7) is 0.